The van der Waals surface area contributed by atoms with Gasteiger partial charge in [-0.2, -0.15) is 0 Å². The van der Waals surface area contributed by atoms with E-state index in [0.717, 1.165) is 25.7 Å². The van der Waals surface area contributed by atoms with E-state index in [1.807, 2.05) is 36.4 Å². The predicted octanol–water partition coefficient (Wildman–Crippen LogP) is 9.39. The van der Waals surface area contributed by atoms with Gasteiger partial charge in [0.15, 0.2) is 0 Å². The van der Waals surface area contributed by atoms with Crippen molar-refractivity contribution in [3.8, 4) is 0 Å². The van der Waals surface area contributed by atoms with Gasteiger partial charge in [0.05, 0.1) is 0 Å². The van der Waals surface area contributed by atoms with Crippen LogP contribution in [0.5, 0.6) is 0 Å². The molecule has 0 bridgehead atoms. The average Bonchev–Trinajstić information content (AvgIpc) is 3.47. The molecule has 4 heterocycles. The molecule has 2 aliphatic rings. The zero-order valence-corrected chi connectivity index (χ0v) is 29.3. The Labute approximate surface area is 289 Å². The molecule has 248 valence electrons. The van der Waals surface area contributed by atoms with Gasteiger partial charge in [-0.15, -0.1) is 46.4 Å². The Morgan fingerprint density at radius 1 is 0.578 bits per heavy atom. The molecule has 2 saturated heterocycles. The molecule has 2 aromatic rings. The molecule has 2 fully saturated rings. The Morgan fingerprint density at radius 2 is 0.911 bits per heavy atom. The van der Waals surface area contributed by atoms with E-state index in [2.05, 4.69) is 9.97 Å². The van der Waals surface area contributed by atoms with E-state index in [4.69, 9.17) is 46.4 Å². The van der Waals surface area contributed by atoms with Gasteiger partial charge in [0.25, 0.3) is 0 Å². The lowest BCUT2D eigenvalue weighted by Crippen LogP contribution is -2.39. The summed E-state index contributed by atoms with van der Waals surface area (Å²) < 4.78 is 0. The quantitative estimate of drug-likeness (QED) is 0.102. The number of anilines is 2. The highest BCUT2D eigenvalue weighted by Gasteiger charge is 2.53. The van der Waals surface area contributed by atoms with Crippen LogP contribution in [0.25, 0.3) is 0 Å². The molecule has 2 aromatic heterocycles. The van der Waals surface area contributed by atoms with Crippen LogP contribution in [0.4, 0.5) is 11.6 Å². The molecular weight excluding hydrogens is 650 g/mol. The van der Waals surface area contributed by atoms with Crippen LogP contribution < -0.4 is 9.80 Å². The number of pyridine rings is 2. The van der Waals surface area contributed by atoms with Crippen molar-refractivity contribution in [3.05, 3.63) is 48.8 Å². The number of nitrogens with zero attached hydrogens (tertiary/aromatic N) is 4. The highest BCUT2D eigenvalue weighted by atomic mass is 35.5. The second-order valence-corrected chi connectivity index (χ2v) is 14.7. The summed E-state index contributed by atoms with van der Waals surface area (Å²) in [5.74, 6) is 1.77. The number of aromatic nitrogens is 2. The zero-order valence-electron chi connectivity index (χ0n) is 26.3. The van der Waals surface area contributed by atoms with Crippen LogP contribution in [0, 0.1) is 11.8 Å². The molecule has 0 radical (unpaired) electrons. The first-order valence-corrected chi connectivity index (χ1v) is 18.6. The zero-order chi connectivity index (χ0) is 32.1. The van der Waals surface area contributed by atoms with Crippen LogP contribution in [0.1, 0.15) is 96.3 Å². The summed E-state index contributed by atoms with van der Waals surface area (Å²) in [6.45, 7) is 1.05. The van der Waals surface area contributed by atoms with Gasteiger partial charge in [0.2, 0.25) is 11.8 Å². The fraction of sp³-hybridized carbons (Fsp3) is 0.657. The van der Waals surface area contributed by atoms with Gasteiger partial charge in [0, 0.05) is 49.1 Å². The van der Waals surface area contributed by atoms with Gasteiger partial charge in [-0.1, -0.05) is 95.6 Å². The number of amides is 2. The van der Waals surface area contributed by atoms with E-state index in [-0.39, 0.29) is 23.7 Å². The summed E-state index contributed by atoms with van der Waals surface area (Å²) in [6, 6.07) is 11.1. The van der Waals surface area contributed by atoms with Gasteiger partial charge in [-0.25, -0.2) is 9.97 Å². The lowest BCUT2D eigenvalue weighted by molar-refractivity contribution is -0.120. The fourth-order valence-electron chi connectivity index (χ4n) is 6.79. The van der Waals surface area contributed by atoms with Crippen LogP contribution in [0.15, 0.2) is 48.8 Å². The summed E-state index contributed by atoms with van der Waals surface area (Å²) >= 11 is 26.3. The standard InChI is InChI=1S/C35H48Cl4N4O2/c36-24-28-26-42(30-18-12-16-22-40-30)32(44)34(28,38)20-14-10-8-6-4-2-1-3-5-7-9-11-15-21-35(39)29(25-37)27-43(33(35)45)31-19-13-17-23-41-31/h12-13,16-19,22-23,28-29H,1-11,14-15,20-21,24-27H2/t28-,29-,34-,35-/m1/s1. The Hall–Kier alpha value is -1.60. The number of hydrogen-bond donors (Lipinski definition) is 0. The van der Waals surface area contributed by atoms with Crippen molar-refractivity contribution in [3.63, 3.8) is 0 Å². The Balaban J connectivity index is 1.00. The van der Waals surface area contributed by atoms with Crippen molar-refractivity contribution in [1.29, 1.82) is 0 Å². The van der Waals surface area contributed by atoms with E-state index in [1.165, 1.54) is 57.8 Å². The molecule has 6 nitrogen and oxygen atoms in total. The third kappa shape index (κ3) is 9.27. The summed E-state index contributed by atoms with van der Waals surface area (Å²) in [6.07, 6.45) is 19.9. The molecular formula is C35H48Cl4N4O2. The van der Waals surface area contributed by atoms with Gasteiger partial charge >= 0.3 is 0 Å². The number of halogens is 4. The van der Waals surface area contributed by atoms with Gasteiger partial charge in [-0.3, -0.25) is 19.4 Å². The second kappa shape index (κ2) is 18.1. The van der Waals surface area contributed by atoms with Gasteiger partial charge in [-0.05, 0) is 37.1 Å². The average molecular weight is 699 g/mol. The van der Waals surface area contributed by atoms with Crippen LogP contribution in [0.3, 0.4) is 0 Å². The molecule has 45 heavy (non-hydrogen) atoms. The van der Waals surface area contributed by atoms with E-state index in [0.29, 0.717) is 49.3 Å². The van der Waals surface area contributed by atoms with Gasteiger partial charge < -0.3 is 0 Å². The van der Waals surface area contributed by atoms with Crippen molar-refractivity contribution < 1.29 is 9.59 Å². The predicted molar refractivity (Wildman–Crippen MR) is 188 cm³/mol. The monoisotopic (exact) mass is 696 g/mol. The Bertz CT molecular complexity index is 1100. The molecule has 2 amide bonds. The molecule has 0 aromatic carbocycles. The Kier molecular flexibility index (Phi) is 14.6. The van der Waals surface area contributed by atoms with Crippen molar-refractivity contribution in [2.75, 3.05) is 34.6 Å². The normalized spacial score (nSPS) is 25.1. The molecule has 2 aliphatic heterocycles. The molecule has 0 spiro atoms. The lowest BCUT2D eigenvalue weighted by Gasteiger charge is -2.24. The number of carbonyl (C=O) groups excluding carboxylic acids is 2. The van der Waals surface area contributed by atoms with E-state index in [9.17, 15) is 9.59 Å². The summed E-state index contributed by atoms with van der Waals surface area (Å²) in [7, 11) is 0. The first kappa shape index (κ1) is 36.2. The third-order valence-electron chi connectivity index (χ3n) is 9.61. The minimum Gasteiger partial charge on any atom is -0.295 e. The minimum absolute atomic E-state index is 0.0618. The van der Waals surface area contributed by atoms with Crippen LogP contribution >= 0.6 is 46.4 Å². The van der Waals surface area contributed by atoms with E-state index >= 15 is 0 Å². The Morgan fingerprint density at radius 3 is 1.20 bits per heavy atom. The highest BCUT2D eigenvalue weighted by molar-refractivity contribution is 6.39. The highest BCUT2D eigenvalue weighted by Crippen LogP contribution is 2.43. The van der Waals surface area contributed by atoms with Crippen LogP contribution in [-0.4, -0.2) is 56.4 Å². The molecule has 0 aliphatic carbocycles. The molecule has 4 atom stereocenters. The first-order chi connectivity index (χ1) is 21.8. The fourth-order valence-corrected chi connectivity index (χ4v) is 8.43. The maximum absolute atomic E-state index is 13.2. The molecule has 4 rings (SSSR count). The van der Waals surface area contributed by atoms with E-state index < -0.39 is 9.75 Å². The summed E-state index contributed by atoms with van der Waals surface area (Å²) in [4.78, 5) is 36.6. The largest absolute Gasteiger partial charge is 0.295 e. The number of alkyl halides is 4. The SMILES string of the molecule is O=C1N(c2ccccn2)C[C@@H](CCl)[C@]1(Cl)CCCCCCCCCCCCCCC[C@]1(Cl)C(=O)N(c2ccccn2)C[C@H]1CCl. The number of carbonyl (C=O) groups is 2. The lowest BCUT2D eigenvalue weighted by atomic mass is 9.90. The molecule has 0 N–H and O–H groups in total. The first-order valence-electron chi connectivity index (χ1n) is 16.8. The summed E-state index contributed by atoms with van der Waals surface area (Å²) in [5.41, 5.74) is 0. The number of rotatable bonds is 20. The minimum atomic E-state index is -0.924. The maximum atomic E-state index is 13.2. The molecule has 0 saturated carbocycles. The van der Waals surface area contributed by atoms with Crippen molar-refractivity contribution >= 4 is 69.9 Å². The van der Waals surface area contributed by atoms with Crippen molar-refractivity contribution in [2.45, 2.75) is 106 Å². The van der Waals surface area contributed by atoms with Gasteiger partial charge in [0.1, 0.15) is 21.4 Å². The molecule has 0 unspecified atom stereocenters. The third-order valence-corrected chi connectivity index (χ3v) is 11.7. The van der Waals surface area contributed by atoms with Crippen molar-refractivity contribution in [2.24, 2.45) is 11.8 Å². The topological polar surface area (TPSA) is 66.4 Å². The number of unbranched alkanes of at least 4 members (excludes halogenated alkanes) is 12. The number of hydrogen-bond acceptors (Lipinski definition) is 4. The van der Waals surface area contributed by atoms with Crippen LogP contribution in [0.2, 0.25) is 0 Å². The maximum Gasteiger partial charge on any atom is 0.249 e. The smallest absolute Gasteiger partial charge is 0.249 e. The van der Waals surface area contributed by atoms with Crippen LogP contribution in [-0.2, 0) is 9.59 Å². The molecule has 10 heteroatoms. The van der Waals surface area contributed by atoms with Crippen molar-refractivity contribution in [1.82, 2.24) is 9.97 Å². The van der Waals surface area contributed by atoms with E-state index in [1.54, 1.807) is 22.2 Å². The second-order valence-electron chi connectivity index (χ2n) is 12.7. The summed E-state index contributed by atoms with van der Waals surface area (Å²) in [5, 5.41) is 0.